The minimum atomic E-state index is -0.710. The third-order valence-corrected chi connectivity index (χ3v) is 5.67. The number of halogens is 2. The maximum absolute atomic E-state index is 14.5. The third-order valence-electron chi connectivity index (χ3n) is 5.67. The van der Waals surface area contributed by atoms with Crippen molar-refractivity contribution in [3.8, 4) is 17.3 Å². The Morgan fingerprint density at radius 1 is 1.26 bits per heavy atom. The average Bonchev–Trinajstić information content (AvgIpc) is 3.16. The smallest absolute Gasteiger partial charge is 0.144 e. The van der Waals surface area contributed by atoms with Crippen LogP contribution in [0, 0.1) is 35.8 Å². The zero-order valence-corrected chi connectivity index (χ0v) is 16.8. The number of piperidine rings is 1. The number of benzene rings is 1. The van der Waals surface area contributed by atoms with Gasteiger partial charge in [0, 0.05) is 18.7 Å². The largest absolute Gasteiger partial charge is 0.355 e. The van der Waals surface area contributed by atoms with E-state index in [2.05, 4.69) is 31.5 Å². The summed E-state index contributed by atoms with van der Waals surface area (Å²) in [7, 11) is 0. The molecule has 5 rings (SSSR count). The first-order valence-corrected chi connectivity index (χ1v) is 10.0. The lowest BCUT2D eigenvalue weighted by molar-refractivity contribution is 0.490. The number of hydrogen-bond acceptors (Lipinski definition) is 6. The molecule has 9 heteroatoms. The van der Waals surface area contributed by atoms with Crippen molar-refractivity contribution in [1.82, 2.24) is 15.2 Å². The lowest BCUT2D eigenvalue weighted by Crippen LogP contribution is -2.35. The Labute approximate surface area is 177 Å². The summed E-state index contributed by atoms with van der Waals surface area (Å²) in [4.78, 5) is 11.4. The minimum Gasteiger partial charge on any atom is -0.355 e. The lowest BCUT2D eigenvalue weighted by Gasteiger charge is -2.31. The van der Waals surface area contributed by atoms with Crippen molar-refractivity contribution >= 4 is 23.0 Å². The van der Waals surface area contributed by atoms with Gasteiger partial charge in [0.05, 0.1) is 46.5 Å². The number of nitrogens with zero attached hydrogens (tertiary/aromatic N) is 5. The molecular weight excluding hydrogens is 400 g/mol. The minimum absolute atomic E-state index is 0.0345. The van der Waals surface area contributed by atoms with Crippen molar-refractivity contribution in [3.05, 3.63) is 53.4 Å². The Hall–Kier alpha value is -3.80. The van der Waals surface area contributed by atoms with Crippen LogP contribution in [0.25, 0.3) is 11.3 Å². The molecule has 0 amide bonds. The van der Waals surface area contributed by atoms with Crippen LogP contribution >= 0.6 is 0 Å². The van der Waals surface area contributed by atoms with Gasteiger partial charge in [-0.1, -0.05) is 6.07 Å². The highest BCUT2D eigenvalue weighted by Crippen LogP contribution is 2.41. The Morgan fingerprint density at radius 3 is 2.84 bits per heavy atom. The second kappa shape index (κ2) is 7.47. The second-order valence-electron chi connectivity index (χ2n) is 7.72. The summed E-state index contributed by atoms with van der Waals surface area (Å²) in [5.41, 5.74) is 2.83. The molecule has 4 heterocycles. The first-order chi connectivity index (χ1) is 15.0. The van der Waals surface area contributed by atoms with Crippen LogP contribution < -0.4 is 10.2 Å². The first-order valence-electron chi connectivity index (χ1n) is 10.0. The quantitative estimate of drug-likeness (QED) is 0.646. The van der Waals surface area contributed by atoms with Gasteiger partial charge in [-0.25, -0.2) is 18.8 Å². The van der Waals surface area contributed by atoms with E-state index >= 15 is 0 Å². The van der Waals surface area contributed by atoms with E-state index in [0.29, 0.717) is 29.3 Å². The molecule has 1 aromatic carbocycles. The number of pyridine rings is 1. The molecule has 0 saturated carbocycles. The van der Waals surface area contributed by atoms with Crippen molar-refractivity contribution in [2.45, 2.75) is 19.8 Å². The van der Waals surface area contributed by atoms with Crippen LogP contribution in [-0.4, -0.2) is 34.1 Å². The highest BCUT2D eigenvalue weighted by atomic mass is 19.1. The number of hydrogen-bond donors (Lipinski definition) is 2. The molecule has 2 aliphatic rings. The van der Waals surface area contributed by atoms with Crippen molar-refractivity contribution in [2.75, 3.05) is 23.3 Å². The molecule has 2 N–H and O–H groups in total. The van der Waals surface area contributed by atoms with Gasteiger partial charge in [-0.05, 0) is 38.0 Å². The summed E-state index contributed by atoms with van der Waals surface area (Å²) in [5, 5.41) is 19.4. The van der Waals surface area contributed by atoms with Gasteiger partial charge >= 0.3 is 0 Å². The lowest BCUT2D eigenvalue weighted by atomic mass is 9.99. The molecule has 2 aliphatic heterocycles. The van der Waals surface area contributed by atoms with E-state index in [1.165, 1.54) is 18.2 Å². The molecule has 0 bridgehead atoms. The van der Waals surface area contributed by atoms with Gasteiger partial charge in [0.25, 0.3) is 0 Å². The first kappa shape index (κ1) is 19.2. The predicted octanol–water partition coefficient (Wildman–Crippen LogP) is 4.30. The number of nitrogens with one attached hydrogen (secondary N) is 2. The van der Waals surface area contributed by atoms with E-state index in [4.69, 9.17) is 4.98 Å². The highest BCUT2D eigenvalue weighted by Gasteiger charge is 2.27. The molecule has 31 heavy (non-hydrogen) atoms. The highest BCUT2D eigenvalue weighted by molar-refractivity contribution is 6.13. The van der Waals surface area contributed by atoms with Crippen LogP contribution in [0.5, 0.6) is 0 Å². The second-order valence-corrected chi connectivity index (χ2v) is 7.72. The standard InChI is InChI=1S/C22H19F2N7/c1-12-20-14(8-18(27-12)31-7-3-4-13(9-25)11-31)21-17(10-26-30-21)28-22(29-20)19-15(23)5-2-6-16(19)24/h2,5-6,8,10,13H,3-4,7,11H2,1H3,(H,26,30)(H,28,29)/t13-/m0/s1. The average molecular weight is 419 g/mol. The number of aromatic nitrogens is 3. The van der Waals surface area contributed by atoms with Crippen molar-refractivity contribution in [2.24, 2.45) is 10.9 Å². The maximum Gasteiger partial charge on any atom is 0.144 e. The van der Waals surface area contributed by atoms with E-state index in [-0.39, 0.29) is 17.3 Å². The van der Waals surface area contributed by atoms with E-state index in [0.717, 1.165) is 30.8 Å². The fourth-order valence-electron chi connectivity index (χ4n) is 4.13. The Balaban J connectivity index is 1.67. The van der Waals surface area contributed by atoms with Gasteiger partial charge < -0.3 is 10.2 Å². The van der Waals surface area contributed by atoms with E-state index < -0.39 is 11.6 Å². The SMILES string of the molecule is Cc1nc(N2CCC[C@@H](C#N)C2)cc2c1N=C(c1c(F)cccc1F)Nc1cn[nH]c1-2. The number of aliphatic imine (C=N–C) groups is 1. The molecule has 0 radical (unpaired) electrons. The molecule has 3 aromatic rings. The van der Waals surface area contributed by atoms with Gasteiger partial charge in [0.15, 0.2) is 0 Å². The van der Waals surface area contributed by atoms with Crippen molar-refractivity contribution < 1.29 is 8.78 Å². The number of H-pyrrole nitrogens is 1. The van der Waals surface area contributed by atoms with Gasteiger partial charge in [-0.3, -0.25) is 5.10 Å². The van der Waals surface area contributed by atoms with E-state index in [1.807, 2.05) is 13.0 Å². The molecule has 1 saturated heterocycles. The Morgan fingerprint density at radius 2 is 2.06 bits per heavy atom. The Kier molecular flexibility index (Phi) is 4.62. The summed E-state index contributed by atoms with van der Waals surface area (Å²) >= 11 is 0. The molecule has 2 aromatic heterocycles. The number of nitriles is 1. The van der Waals surface area contributed by atoms with Crippen LogP contribution in [0.15, 0.2) is 35.5 Å². The summed E-state index contributed by atoms with van der Waals surface area (Å²) in [6.07, 6.45) is 3.36. The van der Waals surface area contributed by atoms with Gasteiger partial charge in [-0.2, -0.15) is 10.4 Å². The zero-order chi connectivity index (χ0) is 21.5. The molecule has 1 atom stereocenters. The summed E-state index contributed by atoms with van der Waals surface area (Å²) in [6, 6.07) is 7.95. The number of aryl methyl sites for hydroxylation is 1. The molecular formula is C22H19F2N7. The molecule has 0 unspecified atom stereocenters. The molecule has 0 aliphatic carbocycles. The number of aromatic amines is 1. The van der Waals surface area contributed by atoms with Crippen molar-refractivity contribution in [1.29, 1.82) is 5.26 Å². The monoisotopic (exact) mass is 419 g/mol. The fourth-order valence-corrected chi connectivity index (χ4v) is 4.13. The molecule has 0 spiro atoms. The topological polar surface area (TPSA) is 93.0 Å². The third kappa shape index (κ3) is 3.30. The van der Waals surface area contributed by atoms with Crippen LogP contribution in [0.3, 0.4) is 0 Å². The fraction of sp³-hybridized carbons (Fsp3) is 0.273. The number of anilines is 2. The van der Waals surface area contributed by atoms with Gasteiger partial charge in [-0.15, -0.1) is 0 Å². The molecule has 156 valence electrons. The number of amidine groups is 1. The van der Waals surface area contributed by atoms with Crippen LogP contribution in [0.1, 0.15) is 24.1 Å². The van der Waals surface area contributed by atoms with Crippen LogP contribution in [0.4, 0.5) is 26.0 Å². The zero-order valence-electron chi connectivity index (χ0n) is 16.8. The number of rotatable bonds is 2. The summed E-state index contributed by atoms with van der Waals surface area (Å²) < 4.78 is 29.0. The van der Waals surface area contributed by atoms with Gasteiger partial charge in [0.2, 0.25) is 0 Å². The summed E-state index contributed by atoms with van der Waals surface area (Å²) in [6.45, 7) is 3.24. The van der Waals surface area contributed by atoms with Crippen LogP contribution in [0.2, 0.25) is 0 Å². The van der Waals surface area contributed by atoms with Crippen molar-refractivity contribution in [3.63, 3.8) is 0 Å². The van der Waals surface area contributed by atoms with Gasteiger partial charge in [0.1, 0.15) is 23.3 Å². The summed E-state index contributed by atoms with van der Waals surface area (Å²) in [5.74, 6) is -0.659. The maximum atomic E-state index is 14.5. The number of fused-ring (bicyclic) bond motifs is 3. The Bertz CT molecular complexity index is 1220. The predicted molar refractivity (Wildman–Crippen MR) is 113 cm³/mol. The molecule has 1 fully saturated rings. The van der Waals surface area contributed by atoms with Crippen LogP contribution in [-0.2, 0) is 0 Å². The van der Waals surface area contributed by atoms with E-state index in [1.54, 1.807) is 6.20 Å². The normalized spacial score (nSPS) is 17.7. The van der Waals surface area contributed by atoms with E-state index in [9.17, 15) is 14.0 Å². The molecule has 7 nitrogen and oxygen atoms in total.